The van der Waals surface area contributed by atoms with Crippen LogP contribution >= 0.6 is 34.5 Å². The van der Waals surface area contributed by atoms with Crippen molar-refractivity contribution in [2.45, 2.75) is 13.0 Å². The van der Waals surface area contributed by atoms with Gasteiger partial charge in [0.25, 0.3) is 5.56 Å². The fourth-order valence-corrected chi connectivity index (χ4v) is 4.75. The van der Waals surface area contributed by atoms with E-state index >= 15 is 0 Å². The maximum absolute atomic E-state index is 13.4. The topological polar surface area (TPSA) is 60.7 Å². The van der Waals surface area contributed by atoms with Gasteiger partial charge in [-0.25, -0.2) is 9.79 Å². The first-order chi connectivity index (χ1) is 14.4. The minimum atomic E-state index is -0.620. The van der Waals surface area contributed by atoms with Gasteiger partial charge in [0, 0.05) is 0 Å². The normalized spacial score (nSPS) is 16.3. The van der Waals surface area contributed by atoms with Gasteiger partial charge in [0.15, 0.2) is 4.80 Å². The Morgan fingerprint density at radius 3 is 2.57 bits per heavy atom. The molecule has 1 atom stereocenters. The molecule has 30 heavy (non-hydrogen) atoms. The number of hydrogen-bond donors (Lipinski definition) is 0. The SMILES string of the molecule is COC(=O)C1=C(C)N=c2s/c(=C/c3ccc(Cl)c(Cl)c3)c(=O)n2C1c1ccccc1. The Balaban J connectivity index is 1.97. The number of ether oxygens (including phenoxy) is 1. The molecule has 1 aliphatic heterocycles. The van der Waals surface area contributed by atoms with E-state index in [1.54, 1.807) is 35.8 Å². The summed E-state index contributed by atoms with van der Waals surface area (Å²) in [7, 11) is 1.32. The molecular weight excluding hydrogens is 443 g/mol. The van der Waals surface area contributed by atoms with Crippen molar-refractivity contribution in [2.24, 2.45) is 4.99 Å². The number of carbonyl (C=O) groups excluding carboxylic acids is 1. The van der Waals surface area contributed by atoms with E-state index in [0.29, 0.717) is 30.6 Å². The van der Waals surface area contributed by atoms with E-state index in [1.807, 2.05) is 30.3 Å². The smallest absolute Gasteiger partial charge is 0.338 e. The van der Waals surface area contributed by atoms with Gasteiger partial charge in [-0.1, -0.05) is 70.9 Å². The zero-order valence-electron chi connectivity index (χ0n) is 16.1. The van der Waals surface area contributed by atoms with E-state index in [-0.39, 0.29) is 5.56 Å². The first-order valence-electron chi connectivity index (χ1n) is 9.01. The maximum Gasteiger partial charge on any atom is 0.338 e. The number of hydrogen-bond acceptors (Lipinski definition) is 5. The molecule has 0 saturated heterocycles. The molecule has 0 amide bonds. The van der Waals surface area contributed by atoms with E-state index in [1.165, 1.54) is 18.4 Å². The summed E-state index contributed by atoms with van der Waals surface area (Å²) in [5, 5.41) is 0.849. The van der Waals surface area contributed by atoms with E-state index in [0.717, 1.165) is 11.1 Å². The molecule has 0 bridgehead atoms. The third kappa shape index (κ3) is 3.62. The number of carbonyl (C=O) groups is 1. The summed E-state index contributed by atoms with van der Waals surface area (Å²) in [4.78, 5) is 31.0. The van der Waals surface area contributed by atoms with Gasteiger partial charge in [-0.2, -0.15) is 0 Å². The maximum atomic E-state index is 13.4. The minimum Gasteiger partial charge on any atom is -0.466 e. The van der Waals surface area contributed by atoms with Crippen LogP contribution in [-0.4, -0.2) is 17.6 Å². The molecular formula is C22H16Cl2N2O3S. The Hall–Kier alpha value is -2.67. The molecule has 5 nitrogen and oxygen atoms in total. The van der Waals surface area contributed by atoms with Crippen molar-refractivity contribution in [1.29, 1.82) is 0 Å². The van der Waals surface area contributed by atoms with Gasteiger partial charge in [0.1, 0.15) is 0 Å². The molecule has 1 unspecified atom stereocenters. The summed E-state index contributed by atoms with van der Waals surface area (Å²) in [6.45, 7) is 1.75. The summed E-state index contributed by atoms with van der Waals surface area (Å²) in [5.74, 6) is -0.510. The van der Waals surface area contributed by atoms with E-state index in [2.05, 4.69) is 4.99 Å². The summed E-state index contributed by atoms with van der Waals surface area (Å²) < 4.78 is 7.01. The van der Waals surface area contributed by atoms with Crippen molar-refractivity contribution in [1.82, 2.24) is 4.57 Å². The molecule has 2 heterocycles. The average molecular weight is 459 g/mol. The fraction of sp³-hybridized carbons (Fsp3) is 0.136. The van der Waals surface area contributed by atoms with Crippen molar-refractivity contribution < 1.29 is 9.53 Å². The second-order valence-electron chi connectivity index (χ2n) is 6.66. The van der Waals surface area contributed by atoms with Crippen molar-refractivity contribution >= 4 is 46.6 Å². The van der Waals surface area contributed by atoms with Gasteiger partial charge < -0.3 is 4.74 Å². The third-order valence-electron chi connectivity index (χ3n) is 4.78. The molecule has 0 fully saturated rings. The molecule has 0 saturated carbocycles. The second kappa shape index (κ2) is 8.22. The molecule has 8 heteroatoms. The molecule has 0 spiro atoms. The zero-order chi connectivity index (χ0) is 21.4. The van der Waals surface area contributed by atoms with Crippen LogP contribution in [0.15, 0.2) is 69.6 Å². The highest BCUT2D eigenvalue weighted by Crippen LogP contribution is 2.30. The minimum absolute atomic E-state index is 0.243. The number of methoxy groups -OCH3 is 1. The number of rotatable bonds is 3. The number of aromatic nitrogens is 1. The molecule has 1 aliphatic rings. The molecule has 3 aromatic rings. The van der Waals surface area contributed by atoms with Crippen LogP contribution in [0.2, 0.25) is 10.0 Å². The summed E-state index contributed by atoms with van der Waals surface area (Å²) in [5.41, 5.74) is 2.17. The summed E-state index contributed by atoms with van der Waals surface area (Å²) in [6, 6.07) is 13.9. The highest BCUT2D eigenvalue weighted by Gasteiger charge is 2.32. The predicted octanol–water partition coefficient (Wildman–Crippen LogP) is 3.72. The number of thiazole rings is 1. The van der Waals surface area contributed by atoms with E-state index in [9.17, 15) is 9.59 Å². The van der Waals surface area contributed by atoms with E-state index < -0.39 is 12.0 Å². The van der Waals surface area contributed by atoms with Crippen molar-refractivity contribution in [3.05, 3.63) is 101 Å². The van der Waals surface area contributed by atoms with Crippen LogP contribution in [-0.2, 0) is 9.53 Å². The Bertz CT molecular complexity index is 1360. The lowest BCUT2D eigenvalue weighted by molar-refractivity contribution is -0.136. The molecule has 1 aromatic heterocycles. The number of allylic oxidation sites excluding steroid dienone is 1. The van der Waals surface area contributed by atoms with Crippen LogP contribution in [0.4, 0.5) is 0 Å². The fourth-order valence-electron chi connectivity index (χ4n) is 3.40. The van der Waals surface area contributed by atoms with Gasteiger partial charge in [0.2, 0.25) is 0 Å². The van der Waals surface area contributed by atoms with Gasteiger partial charge in [0.05, 0.1) is 39.0 Å². The largest absolute Gasteiger partial charge is 0.466 e. The third-order valence-corrected chi connectivity index (χ3v) is 6.51. The highest BCUT2D eigenvalue weighted by molar-refractivity contribution is 7.07. The molecule has 0 radical (unpaired) electrons. The Labute approximate surface area is 186 Å². The number of esters is 1. The Morgan fingerprint density at radius 2 is 1.90 bits per heavy atom. The summed E-state index contributed by atoms with van der Waals surface area (Å²) in [6.07, 6.45) is 1.74. The number of halogens is 2. The molecule has 0 aliphatic carbocycles. The summed E-state index contributed by atoms with van der Waals surface area (Å²) >= 11 is 13.3. The molecule has 2 aromatic carbocycles. The Morgan fingerprint density at radius 1 is 1.17 bits per heavy atom. The number of nitrogens with zero attached hydrogens (tertiary/aromatic N) is 2. The molecule has 0 N–H and O–H groups in total. The first-order valence-corrected chi connectivity index (χ1v) is 10.6. The van der Waals surface area contributed by atoms with E-state index in [4.69, 9.17) is 27.9 Å². The molecule has 152 valence electrons. The lowest BCUT2D eigenvalue weighted by Gasteiger charge is -2.24. The quantitative estimate of drug-likeness (QED) is 0.561. The van der Waals surface area contributed by atoms with Gasteiger partial charge in [-0.3, -0.25) is 9.36 Å². The number of fused-ring (bicyclic) bond motifs is 1. The van der Waals surface area contributed by atoms with Gasteiger partial charge in [-0.15, -0.1) is 0 Å². The average Bonchev–Trinajstić information content (AvgIpc) is 3.04. The number of benzene rings is 2. The lowest BCUT2D eigenvalue weighted by atomic mass is 9.96. The monoisotopic (exact) mass is 458 g/mol. The van der Waals surface area contributed by atoms with Crippen LogP contribution in [0.25, 0.3) is 6.08 Å². The van der Waals surface area contributed by atoms with Crippen molar-refractivity contribution in [2.75, 3.05) is 7.11 Å². The first kappa shape index (κ1) is 20.6. The Kier molecular flexibility index (Phi) is 5.64. The molecule has 4 rings (SSSR count). The van der Waals surface area contributed by atoms with Gasteiger partial charge in [-0.05, 0) is 36.3 Å². The van der Waals surface area contributed by atoms with Crippen LogP contribution < -0.4 is 14.9 Å². The predicted molar refractivity (Wildman–Crippen MR) is 119 cm³/mol. The standard InChI is InChI=1S/C22H16Cl2N2O3S/c1-12-18(21(28)29-2)19(14-6-4-3-5-7-14)26-20(27)17(30-22(26)25-12)11-13-8-9-15(23)16(24)10-13/h3-11,19H,1-2H3/b17-11+. The highest BCUT2D eigenvalue weighted by atomic mass is 35.5. The zero-order valence-corrected chi connectivity index (χ0v) is 18.4. The van der Waals surface area contributed by atoms with Crippen LogP contribution in [0.3, 0.4) is 0 Å². The van der Waals surface area contributed by atoms with Crippen molar-refractivity contribution in [3.8, 4) is 0 Å². The van der Waals surface area contributed by atoms with Crippen LogP contribution in [0.5, 0.6) is 0 Å². The van der Waals surface area contributed by atoms with Gasteiger partial charge >= 0.3 is 5.97 Å². The lowest BCUT2D eigenvalue weighted by Crippen LogP contribution is -2.39. The van der Waals surface area contributed by atoms with Crippen LogP contribution in [0.1, 0.15) is 24.1 Å². The van der Waals surface area contributed by atoms with Crippen molar-refractivity contribution in [3.63, 3.8) is 0 Å². The second-order valence-corrected chi connectivity index (χ2v) is 8.48. The van der Waals surface area contributed by atoms with Crippen LogP contribution in [0, 0.1) is 0 Å².